The third-order valence-electron chi connectivity index (χ3n) is 3.87. The van der Waals surface area contributed by atoms with Crippen LogP contribution in [0.5, 0.6) is 0 Å². The molecule has 0 aliphatic rings. The monoisotopic (exact) mass is 365 g/mol. The summed E-state index contributed by atoms with van der Waals surface area (Å²) in [6, 6.07) is 18.9. The number of aromatic nitrogens is 2. The fourth-order valence-corrected chi connectivity index (χ4v) is 2.55. The zero-order valence-corrected chi connectivity index (χ0v) is 14.5. The van der Waals surface area contributed by atoms with Gasteiger partial charge in [-0.2, -0.15) is 5.10 Å². The first-order chi connectivity index (χ1) is 13.1. The molecule has 1 heterocycles. The van der Waals surface area contributed by atoms with Crippen LogP contribution in [0.25, 0.3) is 0 Å². The molecular weight excluding hydrogens is 346 g/mol. The lowest BCUT2D eigenvalue weighted by atomic mass is 10.2. The summed E-state index contributed by atoms with van der Waals surface area (Å²) in [6.45, 7) is 0.553. The van der Waals surface area contributed by atoms with Crippen LogP contribution in [0.2, 0.25) is 0 Å². The summed E-state index contributed by atoms with van der Waals surface area (Å²) in [4.78, 5) is 23.3. The van der Waals surface area contributed by atoms with Gasteiger partial charge in [-0.25, -0.2) is 9.59 Å². The molecule has 2 N–H and O–H groups in total. The van der Waals surface area contributed by atoms with Crippen molar-refractivity contribution in [1.29, 1.82) is 0 Å². The Morgan fingerprint density at radius 3 is 2.26 bits per heavy atom. The van der Waals surface area contributed by atoms with E-state index in [9.17, 15) is 14.7 Å². The minimum atomic E-state index is -1.09. The maximum Gasteiger partial charge on any atom is 0.407 e. The van der Waals surface area contributed by atoms with Gasteiger partial charge in [0.05, 0.1) is 18.8 Å². The second kappa shape index (κ2) is 8.66. The highest BCUT2D eigenvalue weighted by Crippen LogP contribution is 2.10. The Bertz CT molecular complexity index is 907. The third kappa shape index (κ3) is 5.18. The number of carbonyl (C=O) groups excluding carboxylic acids is 1. The van der Waals surface area contributed by atoms with Crippen molar-refractivity contribution in [2.75, 3.05) is 0 Å². The smallest absolute Gasteiger partial charge is 0.407 e. The van der Waals surface area contributed by atoms with Gasteiger partial charge in [-0.3, -0.25) is 4.68 Å². The van der Waals surface area contributed by atoms with Crippen LogP contribution >= 0.6 is 0 Å². The number of benzene rings is 2. The molecule has 0 spiro atoms. The number of carbonyl (C=O) groups is 2. The number of hydrogen-bond acceptors (Lipinski definition) is 4. The Balaban J connectivity index is 1.60. The van der Waals surface area contributed by atoms with E-state index >= 15 is 0 Å². The third-order valence-corrected chi connectivity index (χ3v) is 3.87. The molecule has 1 amide bonds. The first kappa shape index (κ1) is 18.2. The van der Waals surface area contributed by atoms with E-state index in [0.717, 1.165) is 11.1 Å². The Morgan fingerprint density at radius 1 is 1.00 bits per heavy atom. The molecular formula is C20H19N3O4. The summed E-state index contributed by atoms with van der Waals surface area (Å²) in [5.74, 6) is -1.09. The molecule has 0 saturated heterocycles. The molecule has 7 heteroatoms. The Hall–Kier alpha value is -3.61. The standard InChI is InChI=1S/C20H19N3O4/c24-19(25)17-13-23(12-15-7-3-1-4-8-15)22-18(17)11-21-20(26)27-14-16-9-5-2-6-10-16/h1-10,13H,11-12,14H2,(H,21,26)(H,24,25). The number of hydrogen-bond donors (Lipinski definition) is 2. The molecule has 0 fully saturated rings. The van der Waals surface area contributed by atoms with E-state index in [2.05, 4.69) is 10.4 Å². The van der Waals surface area contributed by atoms with Crippen LogP contribution in [0.3, 0.4) is 0 Å². The van der Waals surface area contributed by atoms with E-state index in [1.165, 1.54) is 6.20 Å². The van der Waals surface area contributed by atoms with Gasteiger partial charge in [0.15, 0.2) is 0 Å². The summed E-state index contributed by atoms with van der Waals surface area (Å²) < 4.78 is 6.67. The molecule has 138 valence electrons. The van der Waals surface area contributed by atoms with Gasteiger partial charge in [0.25, 0.3) is 0 Å². The van der Waals surface area contributed by atoms with Gasteiger partial charge in [0.1, 0.15) is 12.2 Å². The van der Waals surface area contributed by atoms with Crippen molar-refractivity contribution in [2.45, 2.75) is 19.7 Å². The van der Waals surface area contributed by atoms with Crippen molar-refractivity contribution in [3.8, 4) is 0 Å². The van der Waals surface area contributed by atoms with Crippen molar-refractivity contribution in [3.05, 3.63) is 89.2 Å². The molecule has 0 radical (unpaired) electrons. The number of carboxylic acid groups (broad SMARTS) is 1. The van der Waals surface area contributed by atoms with Gasteiger partial charge < -0.3 is 15.2 Å². The molecule has 7 nitrogen and oxygen atoms in total. The van der Waals surface area contributed by atoms with Crippen LogP contribution in [-0.2, 0) is 24.4 Å². The predicted octanol–water partition coefficient (Wildman–Crippen LogP) is 3.06. The van der Waals surface area contributed by atoms with Crippen LogP contribution in [-0.4, -0.2) is 26.9 Å². The molecule has 0 atom stereocenters. The van der Waals surface area contributed by atoms with Gasteiger partial charge in [-0.1, -0.05) is 60.7 Å². The lowest BCUT2D eigenvalue weighted by Gasteiger charge is -2.06. The van der Waals surface area contributed by atoms with Crippen LogP contribution < -0.4 is 5.32 Å². The summed E-state index contributed by atoms with van der Waals surface area (Å²) in [7, 11) is 0. The van der Waals surface area contributed by atoms with Crippen molar-refractivity contribution >= 4 is 12.1 Å². The minimum Gasteiger partial charge on any atom is -0.478 e. The zero-order chi connectivity index (χ0) is 19.1. The van der Waals surface area contributed by atoms with Gasteiger partial charge in [0, 0.05) is 6.20 Å². The van der Waals surface area contributed by atoms with E-state index in [1.807, 2.05) is 60.7 Å². The largest absolute Gasteiger partial charge is 0.478 e. The Morgan fingerprint density at radius 2 is 1.63 bits per heavy atom. The molecule has 0 aliphatic heterocycles. The van der Waals surface area contributed by atoms with Crippen molar-refractivity contribution < 1.29 is 19.4 Å². The average molecular weight is 365 g/mol. The molecule has 0 saturated carbocycles. The summed E-state index contributed by atoms with van der Waals surface area (Å²) >= 11 is 0. The number of alkyl carbamates (subject to hydrolysis) is 1. The number of nitrogens with one attached hydrogen (secondary N) is 1. The van der Waals surface area contributed by atoms with Gasteiger partial charge in [-0.05, 0) is 11.1 Å². The Labute approximate surface area is 156 Å². The molecule has 2 aromatic carbocycles. The first-order valence-corrected chi connectivity index (χ1v) is 8.40. The predicted molar refractivity (Wildman–Crippen MR) is 98.2 cm³/mol. The number of amides is 1. The van der Waals surface area contributed by atoms with E-state index in [4.69, 9.17) is 4.74 Å². The molecule has 0 aliphatic carbocycles. The van der Waals surface area contributed by atoms with Crippen molar-refractivity contribution in [3.63, 3.8) is 0 Å². The average Bonchev–Trinajstić information content (AvgIpc) is 3.09. The quantitative estimate of drug-likeness (QED) is 0.671. The number of nitrogens with zero attached hydrogens (tertiary/aromatic N) is 2. The summed E-state index contributed by atoms with van der Waals surface area (Å²) in [5.41, 5.74) is 2.19. The van der Waals surface area contributed by atoms with E-state index < -0.39 is 12.1 Å². The SMILES string of the molecule is O=C(NCc1nn(Cc2ccccc2)cc1C(=O)O)OCc1ccccc1. The second-order valence-electron chi connectivity index (χ2n) is 5.89. The van der Waals surface area contributed by atoms with Crippen LogP contribution in [0.4, 0.5) is 4.79 Å². The summed E-state index contributed by atoms with van der Waals surface area (Å²) in [6.07, 6.45) is 0.828. The summed E-state index contributed by atoms with van der Waals surface area (Å²) in [5, 5.41) is 16.2. The second-order valence-corrected chi connectivity index (χ2v) is 5.89. The lowest BCUT2D eigenvalue weighted by Crippen LogP contribution is -2.24. The van der Waals surface area contributed by atoms with Crippen molar-refractivity contribution in [2.24, 2.45) is 0 Å². The molecule has 0 unspecified atom stereocenters. The molecule has 0 bridgehead atoms. The zero-order valence-electron chi connectivity index (χ0n) is 14.5. The Kier molecular flexibility index (Phi) is 5.84. The van der Waals surface area contributed by atoms with Crippen LogP contribution in [0.1, 0.15) is 27.2 Å². The van der Waals surface area contributed by atoms with Gasteiger partial charge >= 0.3 is 12.1 Å². The fourth-order valence-electron chi connectivity index (χ4n) is 2.55. The first-order valence-electron chi connectivity index (χ1n) is 8.40. The highest BCUT2D eigenvalue weighted by atomic mass is 16.5. The van der Waals surface area contributed by atoms with Gasteiger partial charge in [-0.15, -0.1) is 0 Å². The minimum absolute atomic E-state index is 0.0307. The highest BCUT2D eigenvalue weighted by Gasteiger charge is 2.16. The van der Waals surface area contributed by atoms with Gasteiger partial charge in [0.2, 0.25) is 0 Å². The molecule has 3 rings (SSSR count). The molecule has 27 heavy (non-hydrogen) atoms. The number of ether oxygens (including phenoxy) is 1. The highest BCUT2D eigenvalue weighted by molar-refractivity contribution is 5.88. The number of aromatic carboxylic acids is 1. The van der Waals surface area contributed by atoms with E-state index in [1.54, 1.807) is 4.68 Å². The lowest BCUT2D eigenvalue weighted by molar-refractivity contribution is 0.0695. The fraction of sp³-hybridized carbons (Fsp3) is 0.150. The number of carboxylic acids is 1. The normalized spacial score (nSPS) is 10.4. The maximum absolute atomic E-state index is 11.9. The number of rotatable bonds is 7. The van der Waals surface area contributed by atoms with E-state index in [-0.39, 0.29) is 24.4 Å². The molecule has 3 aromatic rings. The van der Waals surface area contributed by atoms with E-state index in [0.29, 0.717) is 6.54 Å². The van der Waals surface area contributed by atoms with Crippen LogP contribution in [0, 0.1) is 0 Å². The van der Waals surface area contributed by atoms with Crippen molar-refractivity contribution in [1.82, 2.24) is 15.1 Å². The molecule has 1 aromatic heterocycles. The van der Waals surface area contributed by atoms with Crippen LogP contribution in [0.15, 0.2) is 66.9 Å². The maximum atomic E-state index is 11.9. The topological polar surface area (TPSA) is 93.5 Å².